The van der Waals surface area contributed by atoms with E-state index in [1.165, 1.54) is 23.5 Å². The van der Waals surface area contributed by atoms with Crippen molar-refractivity contribution >= 4 is 34.3 Å². The number of hydrogen-bond acceptors (Lipinski definition) is 5. The maximum atomic E-state index is 13.5. The summed E-state index contributed by atoms with van der Waals surface area (Å²) in [6.07, 6.45) is 3.33. The minimum atomic E-state index is -0.321. The van der Waals surface area contributed by atoms with Gasteiger partial charge in [-0.25, -0.2) is 14.1 Å². The topological polar surface area (TPSA) is 62.9 Å². The Morgan fingerprint density at radius 2 is 1.84 bits per heavy atom. The summed E-state index contributed by atoms with van der Waals surface area (Å²) in [5, 5.41) is 6.62. The molecule has 0 aliphatic carbocycles. The summed E-state index contributed by atoms with van der Waals surface area (Å²) < 4.78 is 15.1. The van der Waals surface area contributed by atoms with Crippen molar-refractivity contribution in [1.82, 2.24) is 9.66 Å². The van der Waals surface area contributed by atoms with Crippen LogP contribution < -0.4 is 9.70 Å². The van der Waals surface area contributed by atoms with Crippen LogP contribution >= 0.6 is 11.3 Å². The standard InChI is InChI=1S/C23H16FN5OS/c1-28-19-7-3-2-6-18(19)21(22(28)30)27-29-20(15-8-10-16(24)11-9-15)14-31-23(29)26-17-5-4-12-25-13-17/h2-14H,1H3. The maximum absolute atomic E-state index is 13.5. The van der Waals surface area contributed by atoms with E-state index in [0.29, 0.717) is 21.9 Å². The second-order valence-electron chi connectivity index (χ2n) is 6.88. The van der Waals surface area contributed by atoms with Crippen molar-refractivity contribution < 1.29 is 9.18 Å². The van der Waals surface area contributed by atoms with Crippen molar-refractivity contribution in [2.45, 2.75) is 0 Å². The molecule has 1 aliphatic heterocycles. The molecule has 8 heteroatoms. The molecule has 152 valence electrons. The van der Waals surface area contributed by atoms with E-state index >= 15 is 0 Å². The van der Waals surface area contributed by atoms with Crippen molar-refractivity contribution in [1.29, 1.82) is 0 Å². The molecule has 0 atom stereocenters. The van der Waals surface area contributed by atoms with Crippen molar-refractivity contribution in [2.24, 2.45) is 10.1 Å². The second-order valence-corrected chi connectivity index (χ2v) is 7.71. The monoisotopic (exact) mass is 429 g/mol. The van der Waals surface area contributed by atoms with Gasteiger partial charge in [0.1, 0.15) is 5.82 Å². The van der Waals surface area contributed by atoms with Gasteiger partial charge >= 0.3 is 0 Å². The predicted octanol–water partition coefficient (Wildman–Crippen LogP) is 4.21. The molecule has 1 aliphatic rings. The molecule has 0 radical (unpaired) electrons. The third kappa shape index (κ3) is 3.47. The van der Waals surface area contributed by atoms with Gasteiger partial charge in [-0.05, 0) is 42.5 Å². The number of likely N-dealkylation sites (N-methyl/N-ethyl adjacent to an activating group) is 1. The van der Waals surface area contributed by atoms with Gasteiger partial charge in [0.2, 0.25) is 4.80 Å². The highest BCUT2D eigenvalue weighted by Gasteiger charge is 2.31. The molecular weight excluding hydrogens is 413 g/mol. The summed E-state index contributed by atoms with van der Waals surface area (Å²) >= 11 is 1.38. The Morgan fingerprint density at radius 3 is 2.61 bits per heavy atom. The van der Waals surface area contributed by atoms with Crippen LogP contribution in [-0.4, -0.2) is 28.3 Å². The largest absolute Gasteiger partial charge is 0.309 e. The third-order valence-corrected chi connectivity index (χ3v) is 5.74. The molecule has 6 nitrogen and oxygen atoms in total. The molecule has 2 aromatic carbocycles. The first-order chi connectivity index (χ1) is 15.1. The number of carbonyl (C=O) groups is 1. The number of amides is 1. The first kappa shape index (κ1) is 19.1. The van der Waals surface area contributed by atoms with Crippen molar-refractivity contribution in [2.75, 3.05) is 11.9 Å². The molecule has 1 amide bonds. The molecule has 0 N–H and O–H groups in total. The van der Waals surface area contributed by atoms with Crippen LogP contribution in [0.2, 0.25) is 0 Å². The summed E-state index contributed by atoms with van der Waals surface area (Å²) in [5.74, 6) is -0.518. The number of pyridine rings is 1. The van der Waals surface area contributed by atoms with Gasteiger partial charge in [-0.3, -0.25) is 9.78 Å². The highest BCUT2D eigenvalue weighted by atomic mass is 32.1. The highest BCUT2D eigenvalue weighted by molar-refractivity contribution is 7.07. The van der Waals surface area contributed by atoms with E-state index in [4.69, 9.17) is 5.10 Å². The first-order valence-electron chi connectivity index (χ1n) is 9.49. The number of rotatable bonds is 3. The van der Waals surface area contributed by atoms with Crippen molar-refractivity contribution in [3.63, 3.8) is 0 Å². The lowest BCUT2D eigenvalue weighted by molar-refractivity contribution is -0.112. The lowest BCUT2D eigenvalue weighted by atomic mass is 10.1. The van der Waals surface area contributed by atoms with E-state index in [0.717, 1.165) is 16.8 Å². The molecule has 2 aromatic heterocycles. The Bertz CT molecular complexity index is 1370. The number of anilines is 1. The normalized spacial score (nSPS) is 15.0. The van der Waals surface area contributed by atoms with E-state index in [9.17, 15) is 9.18 Å². The van der Waals surface area contributed by atoms with E-state index in [2.05, 4.69) is 9.98 Å². The number of fused-ring (bicyclic) bond motifs is 1. The molecular formula is C23H16FN5OS. The molecule has 0 fully saturated rings. The summed E-state index contributed by atoms with van der Waals surface area (Å²) in [6.45, 7) is 0. The number of aromatic nitrogens is 2. The average Bonchev–Trinajstić information content (AvgIpc) is 3.29. The molecule has 0 unspecified atom stereocenters. The van der Waals surface area contributed by atoms with E-state index in [-0.39, 0.29) is 11.7 Å². The number of thiazole rings is 1. The SMILES string of the molecule is CN1C(=O)C(=Nn2c(-c3ccc(F)cc3)csc2=Nc2cccnc2)c2ccccc21. The van der Waals surface area contributed by atoms with Gasteiger partial charge in [0, 0.05) is 29.8 Å². The van der Waals surface area contributed by atoms with Crippen LogP contribution in [-0.2, 0) is 4.79 Å². The Balaban J connectivity index is 1.74. The summed E-state index contributed by atoms with van der Waals surface area (Å²) in [4.78, 5) is 23.9. The van der Waals surface area contributed by atoms with Crippen LogP contribution in [0.3, 0.4) is 0 Å². The zero-order chi connectivity index (χ0) is 21.4. The molecule has 5 rings (SSSR count). The van der Waals surface area contributed by atoms with Crippen molar-refractivity contribution in [3.05, 3.63) is 94.6 Å². The number of para-hydroxylation sites is 1. The van der Waals surface area contributed by atoms with Crippen LogP contribution in [0.4, 0.5) is 15.8 Å². The zero-order valence-corrected chi connectivity index (χ0v) is 17.3. The van der Waals surface area contributed by atoms with Crippen LogP contribution in [0.25, 0.3) is 11.3 Å². The Labute approximate surface area is 181 Å². The molecule has 0 spiro atoms. The Morgan fingerprint density at radius 1 is 1.03 bits per heavy atom. The van der Waals surface area contributed by atoms with Crippen molar-refractivity contribution in [3.8, 4) is 11.3 Å². The summed E-state index contributed by atoms with van der Waals surface area (Å²) in [5.41, 5.74) is 4.02. The van der Waals surface area contributed by atoms with Gasteiger partial charge in [-0.2, -0.15) is 5.10 Å². The molecule has 3 heterocycles. The second kappa shape index (κ2) is 7.73. The summed E-state index contributed by atoms with van der Waals surface area (Å²) in [6, 6.07) is 17.3. The fraction of sp³-hybridized carbons (Fsp3) is 0.0435. The Hall–Kier alpha value is -3.91. The van der Waals surface area contributed by atoms with E-state index < -0.39 is 0 Å². The molecule has 0 saturated heterocycles. The lowest BCUT2D eigenvalue weighted by Crippen LogP contribution is -2.27. The number of nitrogens with zero attached hydrogens (tertiary/aromatic N) is 5. The maximum Gasteiger partial charge on any atom is 0.279 e. The van der Waals surface area contributed by atoms with E-state index in [1.807, 2.05) is 35.7 Å². The highest BCUT2D eigenvalue weighted by Crippen LogP contribution is 2.28. The lowest BCUT2D eigenvalue weighted by Gasteiger charge is -2.07. The fourth-order valence-electron chi connectivity index (χ4n) is 3.37. The molecule has 31 heavy (non-hydrogen) atoms. The number of benzene rings is 2. The number of halogens is 1. The van der Waals surface area contributed by atoms with Gasteiger partial charge in [-0.1, -0.05) is 18.2 Å². The minimum absolute atomic E-state index is 0.197. The average molecular weight is 429 g/mol. The Kier molecular flexibility index (Phi) is 4.76. The van der Waals surface area contributed by atoms with Gasteiger partial charge in [-0.15, -0.1) is 11.3 Å². The quantitative estimate of drug-likeness (QED) is 0.490. The minimum Gasteiger partial charge on any atom is -0.309 e. The smallest absolute Gasteiger partial charge is 0.279 e. The zero-order valence-electron chi connectivity index (χ0n) is 16.4. The van der Waals surface area contributed by atoms with E-state index in [1.54, 1.807) is 47.2 Å². The number of carbonyl (C=O) groups excluding carboxylic acids is 1. The van der Waals surface area contributed by atoms with Crippen LogP contribution in [0.5, 0.6) is 0 Å². The van der Waals surface area contributed by atoms with Gasteiger partial charge in [0.05, 0.1) is 23.3 Å². The summed E-state index contributed by atoms with van der Waals surface area (Å²) in [7, 11) is 1.73. The van der Waals surface area contributed by atoms with Crippen LogP contribution in [0.1, 0.15) is 5.56 Å². The first-order valence-corrected chi connectivity index (χ1v) is 10.4. The van der Waals surface area contributed by atoms with Crippen LogP contribution in [0, 0.1) is 5.82 Å². The third-order valence-electron chi connectivity index (χ3n) is 4.92. The van der Waals surface area contributed by atoms with Gasteiger partial charge in [0.15, 0.2) is 5.71 Å². The van der Waals surface area contributed by atoms with Gasteiger partial charge < -0.3 is 4.90 Å². The number of hydrogen-bond donors (Lipinski definition) is 0. The van der Waals surface area contributed by atoms with Crippen LogP contribution in [0.15, 0.2) is 88.5 Å². The molecule has 4 aromatic rings. The molecule has 0 bridgehead atoms. The predicted molar refractivity (Wildman–Crippen MR) is 119 cm³/mol. The van der Waals surface area contributed by atoms with Gasteiger partial charge in [0.25, 0.3) is 5.91 Å². The molecule has 0 saturated carbocycles. The fourth-order valence-corrected chi connectivity index (χ4v) is 4.22.